The zero-order chi connectivity index (χ0) is 15.4. The number of ether oxygens (including phenoxy) is 1. The Hall–Kier alpha value is -2.15. The third-order valence-electron chi connectivity index (χ3n) is 3.34. The van der Waals surface area contributed by atoms with Gasteiger partial charge in [-0.3, -0.25) is 14.4 Å². The van der Waals surface area contributed by atoms with Gasteiger partial charge in [-0.1, -0.05) is 0 Å². The van der Waals surface area contributed by atoms with Crippen LogP contribution in [0.2, 0.25) is 0 Å². The number of amides is 2. The normalized spacial score (nSPS) is 16.4. The van der Waals surface area contributed by atoms with Gasteiger partial charge in [0.25, 0.3) is 5.91 Å². The van der Waals surface area contributed by atoms with Gasteiger partial charge in [0.05, 0.1) is 13.2 Å². The van der Waals surface area contributed by atoms with E-state index in [2.05, 4.69) is 10.3 Å². The Labute approximate surface area is 122 Å². The summed E-state index contributed by atoms with van der Waals surface area (Å²) >= 11 is 0. The molecule has 1 fully saturated rings. The van der Waals surface area contributed by atoms with Crippen molar-refractivity contribution in [2.45, 2.75) is 19.9 Å². The molecular formula is C14H19N3O4. The molecule has 0 bridgehead atoms. The maximum Gasteiger partial charge on any atom is 0.257 e. The first-order chi connectivity index (χ1) is 9.99. The summed E-state index contributed by atoms with van der Waals surface area (Å²) < 4.78 is 5.18. The predicted molar refractivity (Wildman–Crippen MR) is 76.1 cm³/mol. The minimum Gasteiger partial charge on any atom is -0.378 e. The molecule has 7 heteroatoms. The molecule has 2 rings (SSSR count). The van der Waals surface area contributed by atoms with Gasteiger partial charge in [0.15, 0.2) is 5.43 Å². The van der Waals surface area contributed by atoms with E-state index in [-0.39, 0.29) is 16.9 Å². The lowest BCUT2D eigenvalue weighted by atomic mass is 10.2. The minimum atomic E-state index is -0.684. The Balaban J connectivity index is 2.01. The lowest BCUT2D eigenvalue weighted by Gasteiger charge is -2.29. The number of rotatable bonds is 3. The van der Waals surface area contributed by atoms with E-state index in [9.17, 15) is 14.4 Å². The summed E-state index contributed by atoms with van der Waals surface area (Å²) in [4.78, 5) is 40.4. The van der Waals surface area contributed by atoms with Crippen LogP contribution in [0.1, 0.15) is 23.0 Å². The van der Waals surface area contributed by atoms with Crippen LogP contribution in [0.15, 0.2) is 17.1 Å². The van der Waals surface area contributed by atoms with Gasteiger partial charge < -0.3 is 19.9 Å². The van der Waals surface area contributed by atoms with E-state index >= 15 is 0 Å². The molecular weight excluding hydrogens is 274 g/mol. The van der Waals surface area contributed by atoms with Gasteiger partial charge in [-0.25, -0.2) is 0 Å². The monoisotopic (exact) mass is 293 g/mol. The van der Waals surface area contributed by atoms with E-state index in [1.807, 2.05) is 0 Å². The van der Waals surface area contributed by atoms with Crippen LogP contribution in [0.5, 0.6) is 0 Å². The quantitative estimate of drug-likeness (QED) is 0.797. The van der Waals surface area contributed by atoms with Crippen molar-refractivity contribution in [1.82, 2.24) is 15.2 Å². The fourth-order valence-electron chi connectivity index (χ4n) is 2.14. The van der Waals surface area contributed by atoms with Crippen molar-refractivity contribution < 1.29 is 14.3 Å². The van der Waals surface area contributed by atoms with Crippen LogP contribution < -0.4 is 10.7 Å². The van der Waals surface area contributed by atoms with E-state index in [1.165, 1.54) is 12.3 Å². The molecule has 1 aliphatic rings. The van der Waals surface area contributed by atoms with Crippen molar-refractivity contribution in [3.05, 3.63) is 33.7 Å². The van der Waals surface area contributed by atoms with Gasteiger partial charge in [0.1, 0.15) is 11.6 Å². The second-order valence-corrected chi connectivity index (χ2v) is 5.03. The molecule has 1 saturated heterocycles. The molecule has 1 aromatic heterocycles. The molecule has 0 spiro atoms. The summed E-state index contributed by atoms with van der Waals surface area (Å²) in [6.07, 6.45) is 1.36. The molecule has 1 unspecified atom stereocenters. The number of aromatic amines is 1. The predicted octanol–water partition coefficient (Wildman–Crippen LogP) is -0.340. The zero-order valence-corrected chi connectivity index (χ0v) is 12.1. The smallest absolute Gasteiger partial charge is 0.257 e. The molecule has 2 amide bonds. The highest BCUT2D eigenvalue weighted by atomic mass is 16.5. The molecule has 7 nitrogen and oxygen atoms in total. The van der Waals surface area contributed by atoms with E-state index < -0.39 is 11.9 Å². The van der Waals surface area contributed by atoms with Crippen LogP contribution in [-0.4, -0.2) is 54.0 Å². The van der Waals surface area contributed by atoms with Gasteiger partial charge >= 0.3 is 0 Å². The fraction of sp³-hybridized carbons (Fsp3) is 0.500. The fourth-order valence-corrected chi connectivity index (χ4v) is 2.14. The first-order valence-electron chi connectivity index (χ1n) is 6.86. The number of morpholine rings is 1. The number of hydrogen-bond acceptors (Lipinski definition) is 4. The summed E-state index contributed by atoms with van der Waals surface area (Å²) in [6, 6.07) is 0.667. The summed E-state index contributed by atoms with van der Waals surface area (Å²) in [5.41, 5.74) is 0.311. The highest BCUT2D eigenvalue weighted by molar-refractivity contribution is 5.97. The summed E-state index contributed by atoms with van der Waals surface area (Å²) in [5.74, 6) is -0.722. The molecule has 0 aromatic carbocycles. The van der Waals surface area contributed by atoms with Gasteiger partial charge in [0, 0.05) is 31.0 Å². The van der Waals surface area contributed by atoms with Crippen LogP contribution in [0.25, 0.3) is 0 Å². The summed E-state index contributed by atoms with van der Waals surface area (Å²) in [6.45, 7) is 5.38. The highest BCUT2D eigenvalue weighted by Crippen LogP contribution is 2.01. The number of nitrogens with one attached hydrogen (secondary N) is 2. The zero-order valence-electron chi connectivity index (χ0n) is 12.1. The van der Waals surface area contributed by atoms with Gasteiger partial charge in [-0.15, -0.1) is 0 Å². The third kappa shape index (κ3) is 3.69. The summed E-state index contributed by atoms with van der Waals surface area (Å²) in [7, 11) is 0. The Morgan fingerprint density at radius 2 is 2.05 bits per heavy atom. The summed E-state index contributed by atoms with van der Waals surface area (Å²) in [5, 5.41) is 2.56. The molecule has 0 aliphatic carbocycles. The molecule has 2 N–H and O–H groups in total. The van der Waals surface area contributed by atoms with Crippen molar-refractivity contribution >= 4 is 11.8 Å². The van der Waals surface area contributed by atoms with Crippen LogP contribution in [0, 0.1) is 6.92 Å². The molecule has 1 aliphatic heterocycles. The van der Waals surface area contributed by atoms with E-state index in [4.69, 9.17) is 4.74 Å². The van der Waals surface area contributed by atoms with E-state index in [0.29, 0.717) is 32.0 Å². The second-order valence-electron chi connectivity index (χ2n) is 5.03. The maximum atomic E-state index is 12.2. The standard InChI is InChI=1S/C14H19N3O4/c1-9-7-12(18)11(8-15-9)13(19)16-10(2)14(20)17-3-5-21-6-4-17/h7-8,10H,3-6H2,1-2H3,(H,15,18)(H,16,19). The number of aryl methyl sites for hydroxylation is 1. The first kappa shape index (κ1) is 15.2. The number of H-pyrrole nitrogens is 1. The number of carbonyl (C=O) groups excluding carboxylic acids is 2. The lowest BCUT2D eigenvalue weighted by Crippen LogP contribution is -2.50. The van der Waals surface area contributed by atoms with Crippen molar-refractivity contribution in [2.24, 2.45) is 0 Å². The Morgan fingerprint density at radius 1 is 1.38 bits per heavy atom. The molecule has 114 valence electrons. The number of nitrogens with zero attached hydrogens (tertiary/aromatic N) is 1. The average molecular weight is 293 g/mol. The number of hydrogen-bond donors (Lipinski definition) is 2. The Kier molecular flexibility index (Phi) is 4.74. The Bertz CT molecular complexity index is 590. The average Bonchev–Trinajstić information content (AvgIpc) is 2.47. The number of pyridine rings is 1. The van der Waals surface area contributed by atoms with Gasteiger partial charge in [-0.2, -0.15) is 0 Å². The van der Waals surface area contributed by atoms with Gasteiger partial charge in [-0.05, 0) is 13.8 Å². The van der Waals surface area contributed by atoms with E-state index in [1.54, 1.807) is 18.7 Å². The topological polar surface area (TPSA) is 91.5 Å². The molecule has 0 radical (unpaired) electrons. The number of carbonyl (C=O) groups is 2. The molecule has 2 heterocycles. The van der Waals surface area contributed by atoms with Crippen LogP contribution in [-0.2, 0) is 9.53 Å². The number of aromatic nitrogens is 1. The van der Waals surface area contributed by atoms with Crippen LogP contribution >= 0.6 is 0 Å². The minimum absolute atomic E-state index is 0.00206. The SMILES string of the molecule is Cc1cc(=O)c(C(=O)NC(C)C(=O)N2CCOCC2)c[nH]1. The van der Waals surface area contributed by atoms with Crippen molar-refractivity contribution in [2.75, 3.05) is 26.3 Å². The third-order valence-corrected chi connectivity index (χ3v) is 3.34. The Morgan fingerprint density at radius 3 is 2.67 bits per heavy atom. The van der Waals surface area contributed by atoms with Crippen LogP contribution in [0.4, 0.5) is 0 Å². The molecule has 0 saturated carbocycles. The molecule has 21 heavy (non-hydrogen) atoms. The van der Waals surface area contributed by atoms with Crippen molar-refractivity contribution in [3.63, 3.8) is 0 Å². The van der Waals surface area contributed by atoms with Gasteiger partial charge in [0.2, 0.25) is 5.91 Å². The molecule has 1 atom stereocenters. The second kappa shape index (κ2) is 6.53. The highest BCUT2D eigenvalue weighted by Gasteiger charge is 2.24. The first-order valence-corrected chi connectivity index (χ1v) is 6.86. The van der Waals surface area contributed by atoms with E-state index in [0.717, 1.165) is 0 Å². The molecule has 1 aromatic rings. The van der Waals surface area contributed by atoms with Crippen molar-refractivity contribution in [1.29, 1.82) is 0 Å². The largest absolute Gasteiger partial charge is 0.378 e. The maximum absolute atomic E-state index is 12.2. The lowest BCUT2D eigenvalue weighted by molar-refractivity contribution is -0.136. The van der Waals surface area contributed by atoms with Crippen molar-refractivity contribution in [3.8, 4) is 0 Å². The van der Waals surface area contributed by atoms with Crippen LogP contribution in [0.3, 0.4) is 0 Å².